The van der Waals surface area contributed by atoms with Crippen LogP contribution < -0.4 is 10.5 Å². The van der Waals surface area contributed by atoms with Gasteiger partial charge < -0.3 is 10.5 Å². The lowest BCUT2D eigenvalue weighted by atomic mass is 10.2. The van der Waals surface area contributed by atoms with Gasteiger partial charge in [0, 0.05) is 10.2 Å². The van der Waals surface area contributed by atoms with Crippen molar-refractivity contribution in [2.75, 3.05) is 12.8 Å². The zero-order valence-electron chi connectivity index (χ0n) is 10.4. The van der Waals surface area contributed by atoms with Crippen molar-refractivity contribution in [1.82, 2.24) is 0 Å². The van der Waals surface area contributed by atoms with Crippen LogP contribution in [0.1, 0.15) is 5.56 Å². The number of nitrogen functional groups attached to an aromatic ring is 1. The van der Waals surface area contributed by atoms with Gasteiger partial charge in [0.15, 0.2) is 0 Å². The summed E-state index contributed by atoms with van der Waals surface area (Å²) in [4.78, 5) is 0.658. The molecule has 100 valence electrons. The monoisotopic (exact) mass is 339 g/mol. The fourth-order valence-corrected chi connectivity index (χ4v) is 3.41. The molecule has 0 aliphatic carbocycles. The van der Waals surface area contributed by atoms with E-state index < -0.39 is 10.8 Å². The Morgan fingerprint density at radius 2 is 1.89 bits per heavy atom. The molecule has 0 spiro atoms. The normalized spacial score (nSPS) is 12.1. The second-order valence-corrected chi connectivity index (χ2v) is 6.36. The van der Waals surface area contributed by atoms with Gasteiger partial charge in [-0.25, -0.2) is 0 Å². The Bertz CT molecular complexity index is 599. The van der Waals surface area contributed by atoms with Gasteiger partial charge in [-0.05, 0) is 35.9 Å². The molecule has 2 aromatic rings. The minimum absolute atomic E-state index is 0.435. The molecule has 0 radical (unpaired) electrons. The number of rotatable bonds is 4. The molecule has 2 N–H and O–H groups in total. The third-order valence-electron chi connectivity index (χ3n) is 2.68. The first-order valence-electron chi connectivity index (χ1n) is 5.66. The van der Waals surface area contributed by atoms with E-state index in [1.54, 1.807) is 19.2 Å². The quantitative estimate of drug-likeness (QED) is 0.869. The summed E-state index contributed by atoms with van der Waals surface area (Å²) in [6.45, 7) is 0. The van der Waals surface area contributed by atoms with E-state index in [4.69, 9.17) is 10.5 Å². The second-order valence-electron chi connectivity index (χ2n) is 4.02. The first-order valence-corrected chi connectivity index (χ1v) is 7.77. The molecule has 1 atom stereocenters. The summed E-state index contributed by atoms with van der Waals surface area (Å²) in [5, 5.41) is 0. The van der Waals surface area contributed by atoms with Gasteiger partial charge in [-0.3, -0.25) is 4.21 Å². The Kier molecular flexibility index (Phi) is 4.61. The molecule has 2 rings (SSSR count). The van der Waals surface area contributed by atoms with Crippen LogP contribution in [0, 0.1) is 0 Å². The van der Waals surface area contributed by atoms with Crippen molar-refractivity contribution in [3.05, 3.63) is 52.5 Å². The predicted molar refractivity (Wildman–Crippen MR) is 81.7 cm³/mol. The molecule has 19 heavy (non-hydrogen) atoms. The van der Waals surface area contributed by atoms with E-state index in [1.807, 2.05) is 30.3 Å². The molecule has 2 aromatic carbocycles. The molecular formula is C14H14BrNO2S. The Morgan fingerprint density at radius 3 is 2.53 bits per heavy atom. The SMILES string of the molecule is COc1ccc(CS(=O)c2cc(Br)ccc2N)cc1. The Hall–Kier alpha value is -1.33. The number of halogens is 1. The lowest BCUT2D eigenvalue weighted by Gasteiger charge is -2.07. The minimum atomic E-state index is -1.16. The van der Waals surface area contributed by atoms with Crippen molar-refractivity contribution in [2.24, 2.45) is 0 Å². The summed E-state index contributed by atoms with van der Waals surface area (Å²) in [7, 11) is 0.460. The summed E-state index contributed by atoms with van der Waals surface area (Å²) >= 11 is 3.36. The van der Waals surface area contributed by atoms with E-state index in [2.05, 4.69) is 15.9 Å². The van der Waals surface area contributed by atoms with Gasteiger partial charge in [0.25, 0.3) is 0 Å². The smallest absolute Gasteiger partial charge is 0.118 e. The molecule has 0 fully saturated rings. The topological polar surface area (TPSA) is 52.3 Å². The highest BCUT2D eigenvalue weighted by atomic mass is 79.9. The van der Waals surface area contributed by atoms with E-state index in [0.29, 0.717) is 16.3 Å². The van der Waals surface area contributed by atoms with Crippen LogP contribution in [0.5, 0.6) is 5.75 Å². The maximum absolute atomic E-state index is 12.3. The number of anilines is 1. The largest absolute Gasteiger partial charge is 0.497 e. The highest BCUT2D eigenvalue weighted by molar-refractivity contribution is 9.10. The summed E-state index contributed by atoms with van der Waals surface area (Å²) in [5.41, 5.74) is 7.39. The molecule has 0 bridgehead atoms. The lowest BCUT2D eigenvalue weighted by Crippen LogP contribution is -2.01. The van der Waals surface area contributed by atoms with Crippen molar-refractivity contribution in [1.29, 1.82) is 0 Å². The zero-order valence-corrected chi connectivity index (χ0v) is 12.8. The summed E-state index contributed by atoms with van der Waals surface area (Å²) in [6, 6.07) is 12.9. The molecule has 0 aromatic heterocycles. The van der Waals surface area contributed by atoms with Gasteiger partial charge in [-0.1, -0.05) is 28.1 Å². The van der Waals surface area contributed by atoms with E-state index in [-0.39, 0.29) is 0 Å². The fourth-order valence-electron chi connectivity index (χ4n) is 1.66. The molecule has 0 saturated heterocycles. The summed E-state index contributed by atoms with van der Waals surface area (Å²) < 4.78 is 18.3. The summed E-state index contributed by atoms with van der Waals surface area (Å²) in [6.07, 6.45) is 0. The average Bonchev–Trinajstić information content (AvgIpc) is 2.42. The van der Waals surface area contributed by atoms with Gasteiger partial charge in [-0.2, -0.15) is 0 Å². The molecular weight excluding hydrogens is 326 g/mol. The van der Waals surface area contributed by atoms with Crippen LogP contribution in [0.3, 0.4) is 0 Å². The van der Waals surface area contributed by atoms with Crippen LogP contribution in [-0.2, 0) is 16.6 Å². The average molecular weight is 340 g/mol. The van der Waals surface area contributed by atoms with Gasteiger partial charge >= 0.3 is 0 Å². The predicted octanol–water partition coefficient (Wildman–Crippen LogP) is 3.35. The van der Waals surface area contributed by atoms with Crippen molar-refractivity contribution in [3.8, 4) is 5.75 Å². The number of hydrogen-bond acceptors (Lipinski definition) is 3. The van der Waals surface area contributed by atoms with Gasteiger partial charge in [-0.15, -0.1) is 0 Å². The maximum atomic E-state index is 12.3. The number of hydrogen-bond donors (Lipinski definition) is 1. The molecule has 0 amide bonds. The van der Waals surface area contributed by atoms with E-state index in [9.17, 15) is 4.21 Å². The Balaban J connectivity index is 2.18. The molecule has 1 unspecified atom stereocenters. The van der Waals surface area contributed by atoms with Crippen molar-refractivity contribution >= 4 is 32.4 Å². The maximum Gasteiger partial charge on any atom is 0.118 e. The van der Waals surface area contributed by atoms with E-state index >= 15 is 0 Å². The van der Waals surface area contributed by atoms with Crippen LogP contribution in [0.25, 0.3) is 0 Å². The molecule has 5 heteroatoms. The number of methoxy groups -OCH3 is 1. The van der Waals surface area contributed by atoms with Crippen LogP contribution >= 0.6 is 15.9 Å². The van der Waals surface area contributed by atoms with Gasteiger partial charge in [0.05, 0.1) is 28.6 Å². The molecule has 0 aliphatic heterocycles. The summed E-state index contributed by atoms with van der Waals surface area (Å²) in [5.74, 6) is 1.22. The number of ether oxygens (including phenoxy) is 1. The van der Waals surface area contributed by atoms with Crippen LogP contribution in [0.2, 0.25) is 0 Å². The van der Waals surface area contributed by atoms with Crippen LogP contribution in [0.4, 0.5) is 5.69 Å². The first-order chi connectivity index (χ1) is 9.10. The van der Waals surface area contributed by atoms with Crippen molar-refractivity contribution < 1.29 is 8.95 Å². The lowest BCUT2D eigenvalue weighted by molar-refractivity contribution is 0.414. The van der Waals surface area contributed by atoms with Crippen LogP contribution in [-0.4, -0.2) is 11.3 Å². The van der Waals surface area contributed by atoms with Crippen LogP contribution in [0.15, 0.2) is 51.8 Å². The Labute approximate surface area is 123 Å². The highest BCUT2D eigenvalue weighted by Gasteiger charge is 2.09. The van der Waals surface area contributed by atoms with Crippen molar-refractivity contribution in [2.45, 2.75) is 10.6 Å². The second kappa shape index (κ2) is 6.21. The number of benzene rings is 2. The molecule has 3 nitrogen and oxygen atoms in total. The standard InChI is InChI=1S/C14H14BrNO2S/c1-18-12-5-2-10(3-6-12)9-19(17)14-8-11(15)4-7-13(14)16/h2-8H,9,16H2,1H3. The highest BCUT2D eigenvalue weighted by Crippen LogP contribution is 2.24. The zero-order chi connectivity index (χ0) is 13.8. The third kappa shape index (κ3) is 3.58. The minimum Gasteiger partial charge on any atom is -0.497 e. The van der Waals surface area contributed by atoms with Crippen molar-refractivity contribution in [3.63, 3.8) is 0 Å². The first kappa shape index (κ1) is 14.1. The molecule has 0 heterocycles. The third-order valence-corrected chi connectivity index (χ3v) is 4.61. The van der Waals surface area contributed by atoms with Gasteiger partial charge in [0.1, 0.15) is 5.75 Å². The molecule has 0 saturated carbocycles. The van der Waals surface area contributed by atoms with E-state index in [1.165, 1.54) is 0 Å². The van der Waals surface area contributed by atoms with E-state index in [0.717, 1.165) is 15.8 Å². The Morgan fingerprint density at radius 1 is 1.21 bits per heavy atom. The molecule has 0 aliphatic rings. The number of nitrogens with two attached hydrogens (primary N) is 1. The fraction of sp³-hybridized carbons (Fsp3) is 0.143. The van der Waals surface area contributed by atoms with Gasteiger partial charge in [0.2, 0.25) is 0 Å².